The molecule has 0 aliphatic heterocycles. The highest BCUT2D eigenvalue weighted by molar-refractivity contribution is 7.94. The molecule has 1 atom stereocenters. The maximum atomic E-state index is 11.6. The average molecular weight is 208 g/mol. The van der Waals surface area contributed by atoms with Gasteiger partial charge in [0.1, 0.15) is 0 Å². The molecule has 78 valence electrons. The maximum absolute atomic E-state index is 11.6. The third-order valence-electron chi connectivity index (χ3n) is 2.33. The predicted octanol–water partition coefficient (Wildman–Crippen LogP) is 1.06. The van der Waals surface area contributed by atoms with E-state index in [0.29, 0.717) is 6.42 Å². The van der Waals surface area contributed by atoms with Crippen LogP contribution in [0.1, 0.15) is 34.1 Å². The monoisotopic (exact) mass is 208 g/mol. The molecule has 0 aliphatic carbocycles. The van der Waals surface area contributed by atoms with Crippen molar-refractivity contribution in [3.63, 3.8) is 0 Å². The van der Waals surface area contributed by atoms with Gasteiger partial charge in [0.2, 0.25) is 0 Å². The fourth-order valence-corrected chi connectivity index (χ4v) is 2.53. The van der Waals surface area contributed by atoms with E-state index in [1.54, 1.807) is 6.92 Å². The summed E-state index contributed by atoms with van der Waals surface area (Å²) in [7, 11) is -3.59. The van der Waals surface area contributed by atoms with Crippen molar-refractivity contribution in [3.8, 4) is 0 Å². The molecule has 0 aromatic heterocycles. The predicted molar refractivity (Wildman–Crippen MR) is 50.4 cm³/mol. The summed E-state index contributed by atoms with van der Waals surface area (Å²) in [5, 5.41) is 8.13. The van der Waals surface area contributed by atoms with E-state index in [1.807, 2.05) is 0 Å². The Balaban J connectivity index is 5.17. The molecule has 5 heteroatoms. The number of sulfone groups is 1. The van der Waals surface area contributed by atoms with E-state index < -0.39 is 25.8 Å². The van der Waals surface area contributed by atoms with Gasteiger partial charge in [-0.05, 0) is 27.2 Å². The zero-order valence-corrected chi connectivity index (χ0v) is 9.18. The zero-order chi connectivity index (χ0) is 10.9. The van der Waals surface area contributed by atoms with Crippen LogP contribution in [0.15, 0.2) is 0 Å². The molecule has 0 bridgehead atoms. The quantitative estimate of drug-likeness (QED) is 0.750. The molecular formula is C8H16O4S. The summed E-state index contributed by atoms with van der Waals surface area (Å²) in [4.78, 5) is 10.7. The fourth-order valence-electron chi connectivity index (χ4n) is 0.844. The minimum atomic E-state index is -3.59. The summed E-state index contributed by atoms with van der Waals surface area (Å²) in [6.45, 7) is 5.69. The van der Waals surface area contributed by atoms with Crippen molar-refractivity contribution in [2.75, 3.05) is 0 Å². The molecule has 0 spiro atoms. The van der Waals surface area contributed by atoms with E-state index in [1.165, 1.54) is 20.8 Å². The molecule has 1 N–H and O–H groups in total. The molecule has 13 heavy (non-hydrogen) atoms. The lowest BCUT2D eigenvalue weighted by molar-refractivity contribution is -0.139. The highest BCUT2D eigenvalue weighted by Gasteiger charge is 2.44. The highest BCUT2D eigenvalue weighted by atomic mass is 32.2. The molecule has 0 radical (unpaired) electrons. The molecule has 0 aromatic rings. The Morgan fingerprint density at radius 1 is 1.46 bits per heavy atom. The van der Waals surface area contributed by atoms with Crippen molar-refractivity contribution >= 4 is 15.8 Å². The molecule has 0 saturated carbocycles. The van der Waals surface area contributed by atoms with E-state index in [0.717, 1.165) is 0 Å². The van der Waals surface area contributed by atoms with Gasteiger partial charge in [-0.2, -0.15) is 0 Å². The van der Waals surface area contributed by atoms with E-state index in [4.69, 9.17) is 5.11 Å². The maximum Gasteiger partial charge on any atom is 0.324 e. The second-order valence-corrected chi connectivity index (χ2v) is 6.49. The van der Waals surface area contributed by atoms with Gasteiger partial charge in [-0.3, -0.25) is 4.79 Å². The first-order valence-electron chi connectivity index (χ1n) is 4.14. The standard InChI is InChI=1S/C8H16O4S/c1-5-6(2)13(11,12)8(3,4)7(9)10/h6H,5H2,1-4H3,(H,9,10). The Labute approximate surface area is 78.9 Å². The average Bonchev–Trinajstić information content (AvgIpc) is 2.02. The third-order valence-corrected chi connectivity index (χ3v) is 5.32. The summed E-state index contributed by atoms with van der Waals surface area (Å²) in [5.41, 5.74) is 0. The summed E-state index contributed by atoms with van der Waals surface area (Å²) in [6.07, 6.45) is 0.430. The zero-order valence-electron chi connectivity index (χ0n) is 8.36. The van der Waals surface area contributed by atoms with Crippen LogP contribution in [-0.4, -0.2) is 29.5 Å². The number of carboxylic acid groups (broad SMARTS) is 1. The van der Waals surface area contributed by atoms with Crippen molar-refractivity contribution in [1.29, 1.82) is 0 Å². The first-order chi connectivity index (χ1) is 5.67. The van der Waals surface area contributed by atoms with E-state index in [9.17, 15) is 13.2 Å². The second-order valence-electron chi connectivity index (χ2n) is 3.58. The van der Waals surface area contributed by atoms with Crippen LogP contribution in [-0.2, 0) is 14.6 Å². The van der Waals surface area contributed by atoms with Crippen LogP contribution in [0.5, 0.6) is 0 Å². The van der Waals surface area contributed by atoms with Gasteiger partial charge < -0.3 is 5.11 Å². The highest BCUT2D eigenvalue weighted by Crippen LogP contribution is 2.23. The summed E-state index contributed by atoms with van der Waals surface area (Å²) < 4.78 is 21.6. The smallest absolute Gasteiger partial charge is 0.324 e. The van der Waals surface area contributed by atoms with E-state index >= 15 is 0 Å². The molecule has 0 heterocycles. The van der Waals surface area contributed by atoms with Gasteiger partial charge in [-0.25, -0.2) is 8.42 Å². The van der Waals surface area contributed by atoms with Crippen molar-refractivity contribution in [1.82, 2.24) is 0 Å². The van der Waals surface area contributed by atoms with Gasteiger partial charge in [0.05, 0.1) is 5.25 Å². The summed E-state index contributed by atoms with van der Waals surface area (Å²) in [6, 6.07) is 0. The van der Waals surface area contributed by atoms with Gasteiger partial charge in [0, 0.05) is 0 Å². The summed E-state index contributed by atoms with van der Waals surface area (Å²) in [5.74, 6) is -1.30. The number of hydrogen-bond acceptors (Lipinski definition) is 3. The Morgan fingerprint density at radius 2 is 1.85 bits per heavy atom. The third kappa shape index (κ3) is 2.02. The van der Waals surface area contributed by atoms with E-state index in [-0.39, 0.29) is 0 Å². The van der Waals surface area contributed by atoms with Gasteiger partial charge in [-0.15, -0.1) is 0 Å². The van der Waals surface area contributed by atoms with Crippen LogP contribution in [0, 0.1) is 0 Å². The Morgan fingerprint density at radius 3 is 2.08 bits per heavy atom. The van der Waals surface area contributed by atoms with E-state index in [2.05, 4.69) is 0 Å². The van der Waals surface area contributed by atoms with Crippen LogP contribution in [0.2, 0.25) is 0 Å². The first-order valence-corrected chi connectivity index (χ1v) is 5.69. The number of hydrogen-bond donors (Lipinski definition) is 1. The molecular weight excluding hydrogens is 192 g/mol. The number of aliphatic carboxylic acids is 1. The van der Waals surface area contributed by atoms with Gasteiger partial charge in [-0.1, -0.05) is 6.92 Å². The van der Waals surface area contributed by atoms with Crippen LogP contribution in [0.25, 0.3) is 0 Å². The van der Waals surface area contributed by atoms with Gasteiger partial charge in [0.25, 0.3) is 0 Å². The molecule has 0 amide bonds. The van der Waals surface area contributed by atoms with Crippen LogP contribution in [0.3, 0.4) is 0 Å². The molecule has 0 fully saturated rings. The molecule has 0 saturated heterocycles. The van der Waals surface area contributed by atoms with Crippen LogP contribution >= 0.6 is 0 Å². The minimum absolute atomic E-state index is 0.430. The normalized spacial score (nSPS) is 15.4. The molecule has 0 rings (SSSR count). The van der Waals surface area contributed by atoms with Crippen molar-refractivity contribution in [2.24, 2.45) is 0 Å². The van der Waals surface area contributed by atoms with Crippen molar-refractivity contribution in [3.05, 3.63) is 0 Å². The molecule has 0 aliphatic rings. The fraction of sp³-hybridized carbons (Fsp3) is 0.875. The molecule has 0 aromatic carbocycles. The first kappa shape index (κ1) is 12.4. The van der Waals surface area contributed by atoms with Crippen molar-refractivity contribution < 1.29 is 18.3 Å². The van der Waals surface area contributed by atoms with Crippen LogP contribution in [0.4, 0.5) is 0 Å². The Bertz CT molecular complexity index is 289. The Kier molecular flexibility index (Phi) is 3.49. The molecule has 1 unspecified atom stereocenters. The van der Waals surface area contributed by atoms with Gasteiger partial charge in [0.15, 0.2) is 14.6 Å². The Hall–Kier alpha value is -0.580. The lowest BCUT2D eigenvalue weighted by atomic mass is 10.2. The SMILES string of the molecule is CCC(C)S(=O)(=O)C(C)(C)C(=O)O. The number of carbonyl (C=O) groups is 1. The molecule has 4 nitrogen and oxygen atoms in total. The number of rotatable bonds is 4. The van der Waals surface area contributed by atoms with Gasteiger partial charge >= 0.3 is 5.97 Å². The topological polar surface area (TPSA) is 71.4 Å². The minimum Gasteiger partial charge on any atom is -0.480 e. The summed E-state index contributed by atoms with van der Waals surface area (Å²) >= 11 is 0. The largest absolute Gasteiger partial charge is 0.480 e. The lowest BCUT2D eigenvalue weighted by Gasteiger charge is -2.23. The van der Waals surface area contributed by atoms with Crippen LogP contribution < -0.4 is 0 Å². The van der Waals surface area contributed by atoms with Crippen molar-refractivity contribution in [2.45, 2.75) is 44.1 Å². The second kappa shape index (κ2) is 3.65. The lowest BCUT2D eigenvalue weighted by Crippen LogP contribution is -2.44. The number of carboxylic acids is 1.